The largest absolute Gasteiger partial charge is 0.252 e. The van der Waals surface area contributed by atoms with E-state index in [2.05, 4.69) is 120 Å². The highest BCUT2D eigenvalue weighted by Crippen LogP contribution is 2.38. The smallest absolute Gasteiger partial charge is 0.178 e. The van der Waals surface area contributed by atoms with Gasteiger partial charge in [-0.15, -0.1) is 0 Å². The van der Waals surface area contributed by atoms with Crippen molar-refractivity contribution < 1.29 is 0 Å². The van der Waals surface area contributed by atoms with Crippen LogP contribution in [0.5, 0.6) is 0 Å². The van der Waals surface area contributed by atoms with Crippen molar-refractivity contribution in [1.82, 2.24) is 29.9 Å². The third-order valence-electron chi connectivity index (χ3n) is 9.45. The van der Waals surface area contributed by atoms with Gasteiger partial charge in [0.1, 0.15) is 5.69 Å². The summed E-state index contributed by atoms with van der Waals surface area (Å²) in [7, 11) is 0. The summed E-state index contributed by atoms with van der Waals surface area (Å²) in [4.78, 5) is 29.7. The number of fused-ring (bicyclic) bond motifs is 7. The van der Waals surface area contributed by atoms with Crippen molar-refractivity contribution in [1.29, 1.82) is 0 Å². The molecule has 6 nitrogen and oxygen atoms in total. The Morgan fingerprint density at radius 1 is 0.320 bits per heavy atom. The fourth-order valence-corrected chi connectivity index (χ4v) is 7.09. The zero-order valence-corrected chi connectivity index (χ0v) is 26.7. The van der Waals surface area contributed by atoms with E-state index in [1.54, 1.807) is 18.6 Å². The lowest BCUT2D eigenvalue weighted by atomic mass is 9.96. The molecule has 3 heterocycles. The molecule has 0 spiro atoms. The first-order valence-corrected chi connectivity index (χ1v) is 16.5. The summed E-state index contributed by atoms with van der Waals surface area (Å²) < 4.78 is 0. The Hall–Kier alpha value is -6.92. The maximum atomic E-state index is 5.24. The highest BCUT2D eigenvalue weighted by atomic mass is 15.0. The van der Waals surface area contributed by atoms with Crippen molar-refractivity contribution in [3.05, 3.63) is 158 Å². The monoisotopic (exact) mass is 638 g/mol. The molecule has 10 rings (SSSR count). The van der Waals surface area contributed by atoms with Crippen LogP contribution < -0.4 is 0 Å². The molecule has 7 aromatic carbocycles. The van der Waals surface area contributed by atoms with Gasteiger partial charge in [0.25, 0.3) is 0 Å². The van der Waals surface area contributed by atoms with Crippen LogP contribution in [-0.2, 0) is 0 Å². The third kappa shape index (κ3) is 4.58. The van der Waals surface area contributed by atoms with Gasteiger partial charge in [0.2, 0.25) is 0 Å². The molecule has 0 aliphatic rings. The normalized spacial score (nSPS) is 11.6. The maximum Gasteiger partial charge on any atom is 0.178 e. The van der Waals surface area contributed by atoms with Gasteiger partial charge in [-0.1, -0.05) is 121 Å². The first-order chi connectivity index (χ1) is 24.8. The SMILES string of the molecule is c1ccc2c(-c3ncc(-c4nc(-c5cc6ccccc6c6ccccc56)nc(-c5cc6ccccc6c6ccccc56)n4)cn3)nccc2c1. The molecule has 0 aliphatic heterocycles. The number of hydrogen-bond donors (Lipinski definition) is 0. The van der Waals surface area contributed by atoms with Crippen LogP contribution in [-0.4, -0.2) is 29.9 Å². The Balaban J connectivity index is 1.22. The third-order valence-corrected chi connectivity index (χ3v) is 9.45. The van der Waals surface area contributed by atoms with Gasteiger partial charge in [0.05, 0.1) is 5.56 Å². The number of rotatable bonds is 4. The molecule has 0 fully saturated rings. The highest BCUT2D eigenvalue weighted by molar-refractivity contribution is 6.14. The van der Waals surface area contributed by atoms with Crippen LogP contribution >= 0.6 is 0 Å². The van der Waals surface area contributed by atoms with E-state index in [0.29, 0.717) is 28.9 Å². The Bertz CT molecular complexity index is 2790. The summed E-state index contributed by atoms with van der Waals surface area (Å²) >= 11 is 0. The van der Waals surface area contributed by atoms with Crippen LogP contribution in [0.4, 0.5) is 0 Å². The fourth-order valence-electron chi connectivity index (χ4n) is 7.09. The predicted octanol–water partition coefficient (Wildman–Crippen LogP) is 10.5. The Morgan fingerprint density at radius 2 is 0.760 bits per heavy atom. The number of benzene rings is 7. The van der Waals surface area contributed by atoms with Crippen LogP contribution in [0, 0.1) is 0 Å². The van der Waals surface area contributed by atoms with Crippen molar-refractivity contribution in [3.8, 4) is 45.7 Å². The standard InChI is InChI=1S/C44H26N6/c1-6-16-33-27(11-1)21-22-45-40(33)44-46-25-30(26-47-44)41-48-42(38-23-28-12-2-4-14-31(28)34-17-7-9-19-36(34)38)50-43(49-41)39-24-29-13-3-5-15-32(29)35-18-8-10-20-37(35)39/h1-26H. The quantitative estimate of drug-likeness (QED) is 0.179. The van der Waals surface area contributed by atoms with Gasteiger partial charge in [-0.2, -0.15) is 0 Å². The van der Waals surface area contributed by atoms with Crippen molar-refractivity contribution in [2.24, 2.45) is 0 Å². The van der Waals surface area contributed by atoms with Crippen LogP contribution in [0.15, 0.2) is 158 Å². The Kier molecular flexibility index (Phi) is 6.39. The molecule has 0 saturated carbocycles. The van der Waals surface area contributed by atoms with E-state index in [1.807, 2.05) is 24.3 Å². The maximum absolute atomic E-state index is 5.24. The second-order valence-electron chi connectivity index (χ2n) is 12.4. The molecule has 0 bridgehead atoms. The lowest BCUT2D eigenvalue weighted by Gasteiger charge is -2.14. The van der Waals surface area contributed by atoms with Crippen LogP contribution in [0.3, 0.4) is 0 Å². The molecule has 3 aromatic heterocycles. The summed E-state index contributed by atoms with van der Waals surface area (Å²) in [5.74, 6) is 2.21. The minimum absolute atomic E-state index is 0.497. The molecule has 0 amide bonds. The number of hydrogen-bond acceptors (Lipinski definition) is 6. The summed E-state index contributed by atoms with van der Waals surface area (Å²) in [6.45, 7) is 0. The number of aromatic nitrogens is 6. The fraction of sp³-hybridized carbons (Fsp3) is 0. The second kappa shape index (κ2) is 11.4. The molecular weight excluding hydrogens is 613 g/mol. The van der Waals surface area contributed by atoms with E-state index in [9.17, 15) is 0 Å². The Morgan fingerprint density at radius 3 is 1.32 bits per heavy atom. The van der Waals surface area contributed by atoms with E-state index in [4.69, 9.17) is 24.9 Å². The van der Waals surface area contributed by atoms with Crippen molar-refractivity contribution in [2.75, 3.05) is 0 Å². The Labute approximate surface area is 286 Å². The topological polar surface area (TPSA) is 77.3 Å². The highest BCUT2D eigenvalue weighted by Gasteiger charge is 2.19. The molecule has 6 heteroatoms. The van der Waals surface area contributed by atoms with E-state index in [1.165, 1.54) is 10.8 Å². The molecule has 232 valence electrons. The molecule has 0 N–H and O–H groups in total. The van der Waals surface area contributed by atoms with E-state index >= 15 is 0 Å². The van der Waals surface area contributed by atoms with Gasteiger partial charge in [0.15, 0.2) is 23.3 Å². The van der Waals surface area contributed by atoms with Crippen LogP contribution in [0.25, 0.3) is 99.5 Å². The molecule has 0 aliphatic carbocycles. The van der Waals surface area contributed by atoms with E-state index in [0.717, 1.165) is 59.9 Å². The average Bonchev–Trinajstić information content (AvgIpc) is 3.20. The summed E-state index contributed by atoms with van der Waals surface area (Å²) in [6.07, 6.45) is 5.36. The van der Waals surface area contributed by atoms with Gasteiger partial charge in [-0.05, 0) is 66.7 Å². The van der Waals surface area contributed by atoms with Crippen LogP contribution in [0.2, 0.25) is 0 Å². The van der Waals surface area contributed by atoms with Crippen molar-refractivity contribution in [2.45, 2.75) is 0 Å². The predicted molar refractivity (Wildman–Crippen MR) is 202 cm³/mol. The van der Waals surface area contributed by atoms with Crippen molar-refractivity contribution >= 4 is 53.9 Å². The molecule has 0 atom stereocenters. The van der Waals surface area contributed by atoms with Gasteiger partial charge >= 0.3 is 0 Å². The lowest BCUT2D eigenvalue weighted by molar-refractivity contribution is 1.06. The molecular formula is C44H26N6. The molecule has 0 saturated heterocycles. The van der Waals surface area contributed by atoms with Gasteiger partial charge in [-0.3, -0.25) is 4.98 Å². The van der Waals surface area contributed by atoms with Gasteiger partial charge in [-0.25, -0.2) is 24.9 Å². The number of nitrogens with zero attached hydrogens (tertiary/aromatic N) is 6. The summed E-state index contributed by atoms with van der Waals surface area (Å²) in [5.41, 5.74) is 3.30. The average molecular weight is 639 g/mol. The number of pyridine rings is 1. The summed E-state index contributed by atoms with van der Waals surface area (Å²) in [6, 6.07) is 48.3. The zero-order valence-electron chi connectivity index (χ0n) is 26.7. The summed E-state index contributed by atoms with van der Waals surface area (Å²) in [5, 5.41) is 11.2. The second-order valence-corrected chi connectivity index (χ2v) is 12.4. The van der Waals surface area contributed by atoms with Crippen molar-refractivity contribution in [3.63, 3.8) is 0 Å². The minimum atomic E-state index is 0.497. The van der Waals surface area contributed by atoms with Gasteiger partial charge < -0.3 is 0 Å². The first kappa shape index (κ1) is 28.1. The zero-order chi connectivity index (χ0) is 33.0. The van der Waals surface area contributed by atoms with E-state index in [-0.39, 0.29) is 0 Å². The lowest BCUT2D eigenvalue weighted by Crippen LogP contribution is -2.02. The van der Waals surface area contributed by atoms with Gasteiger partial charge in [0, 0.05) is 35.1 Å². The molecule has 0 radical (unpaired) electrons. The molecule has 0 unspecified atom stereocenters. The van der Waals surface area contributed by atoms with Crippen LogP contribution in [0.1, 0.15) is 0 Å². The minimum Gasteiger partial charge on any atom is -0.252 e. The van der Waals surface area contributed by atoms with E-state index < -0.39 is 0 Å². The first-order valence-electron chi connectivity index (χ1n) is 16.5. The molecule has 50 heavy (non-hydrogen) atoms. The molecule has 10 aromatic rings.